The maximum atomic E-state index is 11.5. The zero-order valence-corrected chi connectivity index (χ0v) is 11.4. The lowest BCUT2D eigenvalue weighted by molar-refractivity contribution is -0.138. The molecule has 0 aliphatic heterocycles. The Morgan fingerprint density at radius 2 is 2.11 bits per heavy atom. The number of primary amides is 1. The number of aryl methyl sites for hydroxylation is 2. The van der Waals surface area contributed by atoms with Gasteiger partial charge in [0.1, 0.15) is 6.04 Å². The molecule has 19 heavy (non-hydrogen) atoms. The fourth-order valence-electron chi connectivity index (χ4n) is 1.99. The van der Waals surface area contributed by atoms with E-state index >= 15 is 0 Å². The van der Waals surface area contributed by atoms with Gasteiger partial charge < -0.3 is 16.2 Å². The molecule has 6 heteroatoms. The molecular formula is C13H19N3O3. The quantitative estimate of drug-likeness (QED) is 0.722. The number of nitrogens with zero attached hydrogens (tertiary/aromatic N) is 1. The summed E-state index contributed by atoms with van der Waals surface area (Å²) in [5.74, 6) is -1.57. The Labute approximate surface area is 112 Å². The molecule has 0 spiro atoms. The van der Waals surface area contributed by atoms with E-state index in [9.17, 15) is 9.59 Å². The minimum atomic E-state index is -0.954. The molecule has 1 aromatic heterocycles. The van der Waals surface area contributed by atoms with Crippen LogP contribution >= 0.6 is 0 Å². The summed E-state index contributed by atoms with van der Waals surface area (Å²) in [6.07, 6.45) is 1.19. The number of rotatable bonds is 6. The molecule has 1 amide bonds. The standard InChI is InChI=1S/C13H19N3O3/c1-4-5-9(13(18)19)16-10-6-7(2)15-8(3)11(10)12(14)17/h6,9H,4-5H2,1-3H3,(H2,14,17)(H,15,16)(H,18,19). The van der Waals surface area contributed by atoms with Gasteiger partial charge in [0, 0.05) is 5.69 Å². The van der Waals surface area contributed by atoms with Crippen LogP contribution in [0.4, 0.5) is 5.69 Å². The Balaban J connectivity index is 3.18. The van der Waals surface area contributed by atoms with Gasteiger partial charge in [-0.2, -0.15) is 0 Å². The fourth-order valence-corrected chi connectivity index (χ4v) is 1.99. The van der Waals surface area contributed by atoms with Crippen molar-refractivity contribution in [3.63, 3.8) is 0 Å². The number of pyridine rings is 1. The van der Waals surface area contributed by atoms with Gasteiger partial charge in [-0.15, -0.1) is 0 Å². The summed E-state index contributed by atoms with van der Waals surface area (Å²) in [6.45, 7) is 5.35. The van der Waals surface area contributed by atoms with Gasteiger partial charge in [0.15, 0.2) is 0 Å². The topological polar surface area (TPSA) is 105 Å². The molecule has 0 bridgehead atoms. The summed E-state index contributed by atoms with van der Waals surface area (Å²) in [4.78, 5) is 26.8. The Hall–Kier alpha value is -2.11. The molecule has 0 radical (unpaired) electrons. The van der Waals surface area contributed by atoms with E-state index < -0.39 is 17.9 Å². The van der Waals surface area contributed by atoms with Crippen LogP contribution in [0.25, 0.3) is 0 Å². The lowest BCUT2D eigenvalue weighted by atomic mass is 10.1. The number of nitrogens with two attached hydrogens (primary N) is 1. The van der Waals surface area contributed by atoms with Crippen LogP contribution < -0.4 is 11.1 Å². The molecule has 1 atom stereocenters. The molecule has 0 aromatic carbocycles. The van der Waals surface area contributed by atoms with Gasteiger partial charge >= 0.3 is 5.97 Å². The molecule has 0 aliphatic carbocycles. The summed E-state index contributed by atoms with van der Waals surface area (Å²) in [7, 11) is 0. The number of carbonyl (C=O) groups is 2. The fraction of sp³-hybridized carbons (Fsp3) is 0.462. The third-order valence-corrected chi connectivity index (χ3v) is 2.78. The van der Waals surface area contributed by atoms with E-state index in [1.54, 1.807) is 19.9 Å². The first kappa shape index (κ1) is 14.9. The number of aromatic nitrogens is 1. The van der Waals surface area contributed by atoms with E-state index in [0.29, 0.717) is 23.5 Å². The second-order valence-electron chi connectivity index (χ2n) is 4.46. The molecule has 4 N–H and O–H groups in total. The highest BCUT2D eigenvalue weighted by Crippen LogP contribution is 2.21. The molecule has 6 nitrogen and oxygen atoms in total. The lowest BCUT2D eigenvalue weighted by Gasteiger charge is -2.18. The van der Waals surface area contributed by atoms with Crippen molar-refractivity contribution >= 4 is 17.6 Å². The number of anilines is 1. The van der Waals surface area contributed by atoms with Gasteiger partial charge in [-0.1, -0.05) is 13.3 Å². The van der Waals surface area contributed by atoms with Crippen LogP contribution in [0.15, 0.2) is 6.07 Å². The van der Waals surface area contributed by atoms with Crippen molar-refractivity contribution in [3.05, 3.63) is 23.0 Å². The summed E-state index contributed by atoms with van der Waals surface area (Å²) >= 11 is 0. The summed E-state index contributed by atoms with van der Waals surface area (Å²) < 4.78 is 0. The third kappa shape index (κ3) is 3.67. The lowest BCUT2D eigenvalue weighted by Crippen LogP contribution is -2.30. The summed E-state index contributed by atoms with van der Waals surface area (Å²) in [5, 5.41) is 12.0. The molecule has 104 valence electrons. The van der Waals surface area contributed by atoms with Crippen molar-refractivity contribution in [2.75, 3.05) is 5.32 Å². The number of amides is 1. The minimum absolute atomic E-state index is 0.243. The Kier molecular flexibility index (Phi) is 4.86. The van der Waals surface area contributed by atoms with E-state index in [-0.39, 0.29) is 5.56 Å². The minimum Gasteiger partial charge on any atom is -0.480 e. The number of hydrogen-bond donors (Lipinski definition) is 3. The third-order valence-electron chi connectivity index (χ3n) is 2.78. The first-order chi connectivity index (χ1) is 8.86. The van der Waals surface area contributed by atoms with Gasteiger partial charge in [-0.05, 0) is 26.3 Å². The second kappa shape index (κ2) is 6.17. The molecule has 0 fully saturated rings. The van der Waals surface area contributed by atoms with Crippen LogP contribution in [0.5, 0.6) is 0 Å². The largest absolute Gasteiger partial charge is 0.480 e. The summed E-state index contributed by atoms with van der Waals surface area (Å²) in [5.41, 5.74) is 7.19. The number of hydrogen-bond acceptors (Lipinski definition) is 4. The number of nitrogens with one attached hydrogen (secondary N) is 1. The molecule has 0 aliphatic rings. The van der Waals surface area contributed by atoms with Crippen molar-refractivity contribution in [1.29, 1.82) is 0 Å². The van der Waals surface area contributed by atoms with E-state index in [1.165, 1.54) is 0 Å². The van der Waals surface area contributed by atoms with Gasteiger partial charge in [-0.3, -0.25) is 9.78 Å². The zero-order chi connectivity index (χ0) is 14.6. The predicted octanol–water partition coefficient (Wildman–Crippen LogP) is 1.46. The number of carbonyl (C=O) groups excluding carboxylic acids is 1. The average molecular weight is 265 g/mol. The van der Waals surface area contributed by atoms with Gasteiger partial charge in [-0.25, -0.2) is 4.79 Å². The van der Waals surface area contributed by atoms with E-state index in [1.807, 2.05) is 6.92 Å². The Morgan fingerprint density at radius 3 is 2.58 bits per heavy atom. The highest BCUT2D eigenvalue weighted by molar-refractivity contribution is 6.00. The van der Waals surface area contributed by atoms with Crippen LogP contribution in [0.2, 0.25) is 0 Å². The van der Waals surface area contributed by atoms with Crippen LogP contribution in [0.1, 0.15) is 41.5 Å². The normalized spacial score (nSPS) is 11.9. The van der Waals surface area contributed by atoms with E-state index in [0.717, 1.165) is 6.42 Å². The molecule has 1 heterocycles. The zero-order valence-electron chi connectivity index (χ0n) is 11.4. The maximum Gasteiger partial charge on any atom is 0.326 e. The van der Waals surface area contributed by atoms with E-state index in [2.05, 4.69) is 10.3 Å². The Bertz CT molecular complexity index is 500. The number of carboxylic acid groups (broad SMARTS) is 1. The van der Waals surface area contributed by atoms with Crippen LogP contribution in [0.3, 0.4) is 0 Å². The average Bonchev–Trinajstić information content (AvgIpc) is 2.26. The smallest absolute Gasteiger partial charge is 0.326 e. The molecule has 0 saturated carbocycles. The predicted molar refractivity (Wildman–Crippen MR) is 72.2 cm³/mol. The van der Waals surface area contributed by atoms with Crippen molar-refractivity contribution in [3.8, 4) is 0 Å². The first-order valence-corrected chi connectivity index (χ1v) is 6.14. The van der Waals surface area contributed by atoms with Crippen molar-refractivity contribution in [2.24, 2.45) is 5.73 Å². The van der Waals surface area contributed by atoms with Crippen molar-refractivity contribution in [2.45, 2.75) is 39.7 Å². The Morgan fingerprint density at radius 1 is 1.47 bits per heavy atom. The molecule has 1 unspecified atom stereocenters. The van der Waals surface area contributed by atoms with Crippen LogP contribution in [-0.4, -0.2) is 28.0 Å². The SMILES string of the molecule is CCCC(Nc1cc(C)nc(C)c1C(N)=O)C(=O)O. The van der Waals surface area contributed by atoms with Crippen molar-refractivity contribution in [1.82, 2.24) is 4.98 Å². The number of carboxylic acids is 1. The monoisotopic (exact) mass is 265 g/mol. The van der Waals surface area contributed by atoms with Gasteiger partial charge in [0.05, 0.1) is 16.9 Å². The molecule has 1 aromatic rings. The first-order valence-electron chi connectivity index (χ1n) is 6.14. The highest BCUT2D eigenvalue weighted by Gasteiger charge is 2.20. The van der Waals surface area contributed by atoms with Gasteiger partial charge in [0.2, 0.25) is 0 Å². The summed E-state index contributed by atoms with van der Waals surface area (Å²) in [6, 6.07) is 0.892. The molecule has 1 rings (SSSR count). The van der Waals surface area contributed by atoms with Crippen LogP contribution in [0, 0.1) is 13.8 Å². The van der Waals surface area contributed by atoms with E-state index in [4.69, 9.17) is 10.8 Å². The molecule has 0 saturated heterocycles. The van der Waals surface area contributed by atoms with Crippen LogP contribution in [-0.2, 0) is 4.79 Å². The number of aliphatic carboxylic acids is 1. The second-order valence-corrected chi connectivity index (χ2v) is 4.46. The maximum absolute atomic E-state index is 11.5. The molecular weight excluding hydrogens is 246 g/mol. The highest BCUT2D eigenvalue weighted by atomic mass is 16.4. The van der Waals surface area contributed by atoms with Crippen molar-refractivity contribution < 1.29 is 14.7 Å². The van der Waals surface area contributed by atoms with Gasteiger partial charge in [0.25, 0.3) is 5.91 Å².